The number of amides is 1. The summed E-state index contributed by atoms with van der Waals surface area (Å²) in [4.78, 5) is 14.4. The summed E-state index contributed by atoms with van der Waals surface area (Å²) in [5.74, 6) is -0.0272. The molecule has 0 bridgehead atoms. The van der Waals surface area contributed by atoms with Crippen molar-refractivity contribution in [2.24, 2.45) is 0 Å². The van der Waals surface area contributed by atoms with E-state index >= 15 is 0 Å². The molecule has 0 saturated heterocycles. The molecule has 1 aromatic heterocycles. The van der Waals surface area contributed by atoms with E-state index in [4.69, 9.17) is 0 Å². The lowest BCUT2D eigenvalue weighted by molar-refractivity contribution is 0.0940. The SMILES string of the molecule is CCn1cc(Br)cc1C(=O)NCCN(C)Cc1ccccc1. The summed E-state index contributed by atoms with van der Waals surface area (Å²) in [5, 5.41) is 2.98. The zero-order chi connectivity index (χ0) is 15.9. The summed E-state index contributed by atoms with van der Waals surface area (Å²) < 4.78 is 2.87. The van der Waals surface area contributed by atoms with Crippen molar-refractivity contribution in [3.8, 4) is 0 Å². The fourth-order valence-electron chi connectivity index (χ4n) is 2.35. The minimum Gasteiger partial charge on any atom is -0.349 e. The van der Waals surface area contributed by atoms with Crippen LogP contribution in [0.4, 0.5) is 0 Å². The Balaban J connectivity index is 1.79. The van der Waals surface area contributed by atoms with Gasteiger partial charge in [-0.3, -0.25) is 4.79 Å². The van der Waals surface area contributed by atoms with Crippen molar-refractivity contribution in [3.63, 3.8) is 0 Å². The molecule has 0 saturated carbocycles. The highest BCUT2D eigenvalue weighted by Gasteiger charge is 2.11. The van der Waals surface area contributed by atoms with Gasteiger partial charge in [0.1, 0.15) is 5.69 Å². The number of hydrogen-bond acceptors (Lipinski definition) is 2. The Bertz CT molecular complexity index is 610. The highest BCUT2D eigenvalue weighted by molar-refractivity contribution is 9.10. The molecule has 0 aliphatic carbocycles. The fourth-order valence-corrected chi connectivity index (χ4v) is 2.82. The van der Waals surface area contributed by atoms with Crippen molar-refractivity contribution in [3.05, 3.63) is 58.3 Å². The van der Waals surface area contributed by atoms with Gasteiger partial charge in [-0.05, 0) is 41.5 Å². The number of carbonyl (C=O) groups excluding carboxylic acids is 1. The van der Waals surface area contributed by atoms with Crippen molar-refractivity contribution < 1.29 is 4.79 Å². The minimum absolute atomic E-state index is 0.0272. The lowest BCUT2D eigenvalue weighted by atomic mass is 10.2. The Morgan fingerprint density at radius 1 is 1.32 bits per heavy atom. The quantitative estimate of drug-likeness (QED) is 0.820. The van der Waals surface area contributed by atoms with Crippen LogP contribution in [0.3, 0.4) is 0 Å². The number of aromatic nitrogens is 1. The number of likely N-dealkylation sites (N-methyl/N-ethyl adjacent to an activating group) is 1. The largest absolute Gasteiger partial charge is 0.349 e. The molecule has 0 aliphatic rings. The molecule has 0 spiro atoms. The lowest BCUT2D eigenvalue weighted by Gasteiger charge is -2.17. The second-order valence-corrected chi connectivity index (χ2v) is 6.22. The lowest BCUT2D eigenvalue weighted by Crippen LogP contribution is -2.33. The first-order valence-corrected chi connectivity index (χ1v) is 8.25. The van der Waals surface area contributed by atoms with Crippen LogP contribution in [0.15, 0.2) is 47.1 Å². The maximum absolute atomic E-state index is 12.2. The summed E-state index contributed by atoms with van der Waals surface area (Å²) >= 11 is 3.41. The number of nitrogens with one attached hydrogen (secondary N) is 1. The Morgan fingerprint density at radius 2 is 2.05 bits per heavy atom. The van der Waals surface area contributed by atoms with Crippen LogP contribution < -0.4 is 5.32 Å². The molecule has 1 aromatic carbocycles. The minimum atomic E-state index is -0.0272. The maximum atomic E-state index is 12.2. The van der Waals surface area contributed by atoms with E-state index < -0.39 is 0 Å². The predicted molar refractivity (Wildman–Crippen MR) is 92.9 cm³/mol. The van der Waals surface area contributed by atoms with Gasteiger partial charge in [0.25, 0.3) is 5.91 Å². The monoisotopic (exact) mass is 363 g/mol. The predicted octanol–water partition coefficient (Wildman–Crippen LogP) is 3.13. The number of rotatable bonds is 7. The van der Waals surface area contributed by atoms with Gasteiger partial charge in [0, 0.05) is 36.8 Å². The van der Waals surface area contributed by atoms with E-state index in [1.165, 1.54) is 5.56 Å². The molecule has 0 aliphatic heterocycles. The number of carbonyl (C=O) groups is 1. The van der Waals surface area contributed by atoms with E-state index in [0.29, 0.717) is 12.2 Å². The Hall–Kier alpha value is -1.59. The Kier molecular flexibility index (Phi) is 6.21. The standard InChI is InChI=1S/C17H22BrN3O/c1-3-21-13-15(18)11-16(21)17(22)19-9-10-20(2)12-14-7-5-4-6-8-14/h4-8,11,13H,3,9-10,12H2,1-2H3,(H,19,22). The van der Waals surface area contributed by atoms with Gasteiger partial charge < -0.3 is 14.8 Å². The van der Waals surface area contributed by atoms with Gasteiger partial charge >= 0.3 is 0 Å². The number of aryl methyl sites for hydroxylation is 1. The second kappa shape index (κ2) is 8.15. The summed E-state index contributed by atoms with van der Waals surface area (Å²) in [7, 11) is 2.06. The maximum Gasteiger partial charge on any atom is 0.267 e. The summed E-state index contributed by atoms with van der Waals surface area (Å²) in [6.45, 7) is 5.13. The first kappa shape index (κ1) is 16.8. The van der Waals surface area contributed by atoms with Crippen molar-refractivity contribution in [2.75, 3.05) is 20.1 Å². The molecule has 1 heterocycles. The van der Waals surface area contributed by atoms with Gasteiger partial charge in [-0.15, -0.1) is 0 Å². The van der Waals surface area contributed by atoms with Crippen molar-refractivity contribution >= 4 is 21.8 Å². The van der Waals surface area contributed by atoms with Gasteiger partial charge in [-0.25, -0.2) is 0 Å². The molecule has 0 fully saturated rings. The molecule has 0 radical (unpaired) electrons. The third-order valence-electron chi connectivity index (χ3n) is 3.51. The van der Waals surface area contributed by atoms with E-state index in [0.717, 1.165) is 24.1 Å². The third kappa shape index (κ3) is 4.71. The molecule has 1 amide bonds. The second-order valence-electron chi connectivity index (χ2n) is 5.31. The number of nitrogens with zero attached hydrogens (tertiary/aromatic N) is 2. The molecular formula is C17H22BrN3O. The number of hydrogen-bond donors (Lipinski definition) is 1. The van der Waals surface area contributed by atoms with Crippen LogP contribution in [-0.4, -0.2) is 35.5 Å². The summed E-state index contributed by atoms with van der Waals surface area (Å²) in [5.41, 5.74) is 1.97. The first-order valence-electron chi connectivity index (χ1n) is 7.46. The molecule has 1 N–H and O–H groups in total. The highest BCUT2D eigenvalue weighted by Crippen LogP contribution is 2.14. The topological polar surface area (TPSA) is 37.3 Å². The first-order chi connectivity index (χ1) is 10.6. The average Bonchev–Trinajstić information content (AvgIpc) is 2.89. The molecule has 118 valence electrons. The Labute approximate surface area is 140 Å². The molecule has 2 aromatic rings. The van der Waals surface area contributed by atoms with E-state index in [2.05, 4.69) is 45.3 Å². The van der Waals surface area contributed by atoms with Crippen LogP contribution in [0.2, 0.25) is 0 Å². The molecular weight excluding hydrogens is 342 g/mol. The summed E-state index contributed by atoms with van der Waals surface area (Å²) in [6, 6.07) is 12.2. The van der Waals surface area contributed by atoms with Crippen LogP contribution in [-0.2, 0) is 13.1 Å². The Morgan fingerprint density at radius 3 is 2.73 bits per heavy atom. The van der Waals surface area contributed by atoms with E-state index in [9.17, 15) is 4.79 Å². The van der Waals surface area contributed by atoms with Gasteiger partial charge in [0.2, 0.25) is 0 Å². The van der Waals surface area contributed by atoms with Crippen molar-refractivity contribution in [1.29, 1.82) is 0 Å². The van der Waals surface area contributed by atoms with Crippen LogP contribution in [0, 0.1) is 0 Å². The smallest absolute Gasteiger partial charge is 0.267 e. The van der Waals surface area contributed by atoms with E-state index in [1.54, 1.807) is 0 Å². The van der Waals surface area contributed by atoms with Gasteiger partial charge in [-0.2, -0.15) is 0 Å². The van der Waals surface area contributed by atoms with Gasteiger partial charge in [0.15, 0.2) is 0 Å². The number of benzene rings is 1. The van der Waals surface area contributed by atoms with Crippen LogP contribution in [0.5, 0.6) is 0 Å². The van der Waals surface area contributed by atoms with Crippen molar-refractivity contribution in [2.45, 2.75) is 20.0 Å². The highest BCUT2D eigenvalue weighted by atomic mass is 79.9. The van der Waals surface area contributed by atoms with Gasteiger partial charge in [-0.1, -0.05) is 30.3 Å². The van der Waals surface area contributed by atoms with E-state index in [-0.39, 0.29) is 5.91 Å². The fraction of sp³-hybridized carbons (Fsp3) is 0.353. The molecule has 22 heavy (non-hydrogen) atoms. The average molecular weight is 364 g/mol. The van der Waals surface area contributed by atoms with Crippen LogP contribution >= 0.6 is 15.9 Å². The normalized spacial score (nSPS) is 10.9. The zero-order valence-electron chi connectivity index (χ0n) is 13.1. The van der Waals surface area contributed by atoms with Crippen molar-refractivity contribution in [1.82, 2.24) is 14.8 Å². The molecule has 0 unspecified atom stereocenters. The van der Waals surface area contributed by atoms with Crippen LogP contribution in [0.1, 0.15) is 23.0 Å². The number of halogens is 1. The van der Waals surface area contributed by atoms with Gasteiger partial charge in [0.05, 0.1) is 0 Å². The molecule has 4 nitrogen and oxygen atoms in total. The van der Waals surface area contributed by atoms with Crippen LogP contribution in [0.25, 0.3) is 0 Å². The third-order valence-corrected chi connectivity index (χ3v) is 3.94. The van der Waals surface area contributed by atoms with E-state index in [1.807, 2.05) is 42.0 Å². The molecule has 0 atom stereocenters. The molecule has 2 rings (SSSR count). The zero-order valence-corrected chi connectivity index (χ0v) is 14.6. The summed E-state index contributed by atoms with van der Waals surface area (Å²) in [6.07, 6.45) is 1.93. The molecule has 5 heteroatoms.